The molecule has 0 fully saturated rings. The van der Waals surface area contributed by atoms with Crippen molar-refractivity contribution < 1.29 is 9.53 Å². The van der Waals surface area contributed by atoms with Crippen LogP contribution in [0.15, 0.2) is 54.9 Å². The lowest BCUT2D eigenvalue weighted by Crippen LogP contribution is -2.20. The first-order chi connectivity index (χ1) is 10.8. The van der Waals surface area contributed by atoms with Crippen LogP contribution in [0.5, 0.6) is 5.75 Å². The van der Waals surface area contributed by atoms with Crippen molar-refractivity contribution in [3.05, 3.63) is 54.9 Å². The topological polar surface area (TPSA) is 76.1 Å². The van der Waals surface area contributed by atoms with Crippen molar-refractivity contribution in [3.8, 4) is 5.75 Å². The monoisotopic (exact) mass is 294 g/mol. The molecule has 22 heavy (non-hydrogen) atoms. The molecule has 2 N–H and O–H groups in total. The fourth-order valence-corrected chi connectivity index (χ4v) is 2.05. The van der Waals surface area contributed by atoms with Crippen LogP contribution in [0.25, 0.3) is 10.9 Å². The standard InChI is InChI=1S/C16H14N4O2/c1-22-12-8-6-11(7-9-12)19-16(21)20-15-13-4-2-3-5-14(13)17-10-18-15/h2-10H,1H3,(H2,17,18,19,20,21). The highest BCUT2D eigenvalue weighted by Gasteiger charge is 2.07. The predicted molar refractivity (Wildman–Crippen MR) is 85.2 cm³/mol. The number of ether oxygens (including phenoxy) is 1. The van der Waals surface area contributed by atoms with E-state index in [1.165, 1.54) is 6.33 Å². The number of para-hydroxylation sites is 1. The molecule has 1 aromatic heterocycles. The molecule has 0 aliphatic rings. The number of amides is 2. The summed E-state index contributed by atoms with van der Waals surface area (Å²) >= 11 is 0. The van der Waals surface area contributed by atoms with E-state index >= 15 is 0 Å². The van der Waals surface area contributed by atoms with Gasteiger partial charge in [0, 0.05) is 11.1 Å². The second kappa shape index (κ2) is 6.09. The SMILES string of the molecule is COc1ccc(NC(=O)Nc2ncnc3ccccc23)cc1. The highest BCUT2D eigenvalue weighted by molar-refractivity contribution is 6.04. The van der Waals surface area contributed by atoms with E-state index in [0.717, 1.165) is 16.7 Å². The number of hydrogen-bond donors (Lipinski definition) is 2. The maximum atomic E-state index is 12.1. The van der Waals surface area contributed by atoms with Gasteiger partial charge in [-0.3, -0.25) is 5.32 Å². The van der Waals surface area contributed by atoms with Gasteiger partial charge in [-0.05, 0) is 36.4 Å². The summed E-state index contributed by atoms with van der Waals surface area (Å²) in [6.07, 6.45) is 1.42. The quantitative estimate of drug-likeness (QED) is 0.777. The van der Waals surface area contributed by atoms with E-state index in [1.807, 2.05) is 24.3 Å². The smallest absolute Gasteiger partial charge is 0.324 e. The number of benzene rings is 2. The third kappa shape index (κ3) is 2.95. The second-order valence-electron chi connectivity index (χ2n) is 4.55. The highest BCUT2D eigenvalue weighted by atomic mass is 16.5. The van der Waals surface area contributed by atoms with Crippen molar-refractivity contribution in [2.75, 3.05) is 17.7 Å². The Morgan fingerprint density at radius 1 is 1.00 bits per heavy atom. The Labute approximate surface area is 127 Å². The van der Waals surface area contributed by atoms with Gasteiger partial charge >= 0.3 is 6.03 Å². The van der Waals surface area contributed by atoms with Crippen molar-refractivity contribution in [2.45, 2.75) is 0 Å². The normalized spacial score (nSPS) is 10.2. The van der Waals surface area contributed by atoms with Gasteiger partial charge in [0.1, 0.15) is 17.9 Å². The Morgan fingerprint density at radius 3 is 2.55 bits per heavy atom. The Hall–Kier alpha value is -3.15. The van der Waals surface area contributed by atoms with E-state index in [9.17, 15) is 4.79 Å². The molecule has 0 atom stereocenters. The van der Waals surface area contributed by atoms with E-state index in [0.29, 0.717) is 11.5 Å². The summed E-state index contributed by atoms with van der Waals surface area (Å²) in [5.74, 6) is 1.20. The average Bonchev–Trinajstić information content (AvgIpc) is 2.56. The van der Waals surface area contributed by atoms with Crippen LogP contribution in [0.2, 0.25) is 0 Å². The maximum absolute atomic E-state index is 12.1. The fraction of sp³-hybridized carbons (Fsp3) is 0.0625. The van der Waals surface area contributed by atoms with Crippen molar-refractivity contribution in [1.82, 2.24) is 9.97 Å². The van der Waals surface area contributed by atoms with Gasteiger partial charge < -0.3 is 10.1 Å². The molecule has 110 valence electrons. The van der Waals surface area contributed by atoms with Crippen LogP contribution in [-0.4, -0.2) is 23.1 Å². The summed E-state index contributed by atoms with van der Waals surface area (Å²) in [5.41, 5.74) is 1.44. The van der Waals surface area contributed by atoms with Gasteiger partial charge in [-0.2, -0.15) is 0 Å². The van der Waals surface area contributed by atoms with Crippen LogP contribution in [0.1, 0.15) is 0 Å². The predicted octanol–water partition coefficient (Wildman–Crippen LogP) is 3.28. The van der Waals surface area contributed by atoms with Gasteiger partial charge in [-0.15, -0.1) is 0 Å². The van der Waals surface area contributed by atoms with Crippen LogP contribution in [-0.2, 0) is 0 Å². The van der Waals surface area contributed by atoms with Crippen molar-refractivity contribution in [3.63, 3.8) is 0 Å². The number of carbonyl (C=O) groups excluding carboxylic acids is 1. The summed E-state index contributed by atoms with van der Waals surface area (Å²) in [6.45, 7) is 0. The first-order valence-corrected chi connectivity index (χ1v) is 6.68. The number of hydrogen-bond acceptors (Lipinski definition) is 4. The molecule has 0 aliphatic carbocycles. The molecule has 2 amide bonds. The number of anilines is 2. The molecular weight excluding hydrogens is 280 g/mol. The maximum Gasteiger partial charge on any atom is 0.324 e. The molecule has 2 aromatic carbocycles. The molecule has 0 bridgehead atoms. The van der Waals surface area contributed by atoms with E-state index < -0.39 is 0 Å². The van der Waals surface area contributed by atoms with Gasteiger partial charge in [0.25, 0.3) is 0 Å². The van der Waals surface area contributed by atoms with Gasteiger partial charge in [0.2, 0.25) is 0 Å². The molecular formula is C16H14N4O2. The van der Waals surface area contributed by atoms with E-state index in [1.54, 1.807) is 31.4 Å². The largest absolute Gasteiger partial charge is 0.497 e. The van der Waals surface area contributed by atoms with E-state index in [2.05, 4.69) is 20.6 Å². The zero-order valence-electron chi connectivity index (χ0n) is 11.9. The van der Waals surface area contributed by atoms with Gasteiger partial charge in [0.05, 0.1) is 12.6 Å². The van der Waals surface area contributed by atoms with Crippen LogP contribution >= 0.6 is 0 Å². The minimum atomic E-state index is -0.367. The van der Waals surface area contributed by atoms with E-state index in [4.69, 9.17) is 4.74 Å². The number of fused-ring (bicyclic) bond motifs is 1. The molecule has 0 radical (unpaired) electrons. The van der Waals surface area contributed by atoms with E-state index in [-0.39, 0.29) is 6.03 Å². The molecule has 0 saturated heterocycles. The molecule has 0 aliphatic heterocycles. The summed E-state index contributed by atoms with van der Waals surface area (Å²) < 4.78 is 5.07. The molecule has 1 heterocycles. The lowest BCUT2D eigenvalue weighted by Gasteiger charge is -2.09. The molecule has 0 unspecified atom stereocenters. The Kier molecular flexibility index (Phi) is 3.82. The number of aromatic nitrogens is 2. The zero-order chi connectivity index (χ0) is 15.4. The molecule has 6 nitrogen and oxygen atoms in total. The van der Waals surface area contributed by atoms with Crippen LogP contribution in [0.3, 0.4) is 0 Å². The summed E-state index contributed by atoms with van der Waals surface area (Å²) in [6, 6.07) is 14.2. The molecule has 3 rings (SSSR count). The molecule has 6 heteroatoms. The first-order valence-electron chi connectivity index (χ1n) is 6.68. The van der Waals surface area contributed by atoms with Gasteiger partial charge in [0.15, 0.2) is 0 Å². The number of nitrogens with zero attached hydrogens (tertiary/aromatic N) is 2. The Balaban J connectivity index is 1.75. The van der Waals surface area contributed by atoms with Gasteiger partial charge in [-0.25, -0.2) is 14.8 Å². The number of rotatable bonds is 3. The van der Waals surface area contributed by atoms with Crippen molar-refractivity contribution in [1.29, 1.82) is 0 Å². The lowest BCUT2D eigenvalue weighted by molar-refractivity contribution is 0.262. The van der Waals surface area contributed by atoms with Crippen molar-refractivity contribution >= 4 is 28.4 Å². The number of methoxy groups -OCH3 is 1. The second-order valence-corrected chi connectivity index (χ2v) is 4.55. The first kappa shape index (κ1) is 13.8. The third-order valence-corrected chi connectivity index (χ3v) is 3.12. The minimum absolute atomic E-state index is 0.367. The Morgan fingerprint density at radius 2 is 1.77 bits per heavy atom. The highest BCUT2D eigenvalue weighted by Crippen LogP contribution is 2.19. The number of carbonyl (C=O) groups is 1. The summed E-state index contributed by atoms with van der Waals surface area (Å²) in [5, 5.41) is 6.26. The molecule has 0 saturated carbocycles. The third-order valence-electron chi connectivity index (χ3n) is 3.12. The minimum Gasteiger partial charge on any atom is -0.497 e. The van der Waals surface area contributed by atoms with Crippen molar-refractivity contribution in [2.24, 2.45) is 0 Å². The number of nitrogens with one attached hydrogen (secondary N) is 2. The fourth-order valence-electron chi connectivity index (χ4n) is 2.05. The number of urea groups is 1. The summed E-state index contributed by atoms with van der Waals surface area (Å²) in [7, 11) is 1.59. The zero-order valence-corrected chi connectivity index (χ0v) is 11.9. The lowest BCUT2D eigenvalue weighted by atomic mass is 10.2. The molecule has 3 aromatic rings. The average molecular weight is 294 g/mol. The van der Waals surface area contributed by atoms with Crippen LogP contribution in [0.4, 0.5) is 16.3 Å². The molecule has 0 spiro atoms. The van der Waals surface area contributed by atoms with Gasteiger partial charge in [-0.1, -0.05) is 12.1 Å². The summed E-state index contributed by atoms with van der Waals surface area (Å²) in [4.78, 5) is 20.3. The van der Waals surface area contributed by atoms with Crippen LogP contribution < -0.4 is 15.4 Å². The Bertz CT molecular complexity index is 797. The van der Waals surface area contributed by atoms with Crippen LogP contribution in [0, 0.1) is 0 Å².